The second-order valence-corrected chi connectivity index (χ2v) is 6.03. The van der Waals surface area contributed by atoms with E-state index in [1.807, 2.05) is 30.5 Å². The summed E-state index contributed by atoms with van der Waals surface area (Å²) in [6.45, 7) is 0. The van der Waals surface area contributed by atoms with Crippen molar-refractivity contribution < 1.29 is 23.4 Å². The number of methoxy groups -OCH3 is 3. The number of benzene rings is 2. The van der Waals surface area contributed by atoms with Gasteiger partial charge in [-0.05, 0) is 24.3 Å². The van der Waals surface area contributed by atoms with Crippen LogP contribution in [0.3, 0.4) is 0 Å². The van der Waals surface area contributed by atoms with E-state index in [4.69, 9.17) is 18.6 Å². The van der Waals surface area contributed by atoms with E-state index in [1.165, 1.54) is 27.6 Å². The number of oxazole rings is 1. The molecule has 0 aliphatic heterocycles. The van der Waals surface area contributed by atoms with E-state index in [9.17, 15) is 4.79 Å². The molecule has 0 saturated heterocycles. The average molecular weight is 378 g/mol. The number of hydrogen-bond donors (Lipinski definition) is 1. The zero-order valence-corrected chi connectivity index (χ0v) is 15.6. The Kier molecular flexibility index (Phi) is 4.49. The summed E-state index contributed by atoms with van der Waals surface area (Å²) in [6, 6.07) is 10.9. The summed E-state index contributed by atoms with van der Waals surface area (Å²) < 4.78 is 21.5. The van der Waals surface area contributed by atoms with Gasteiger partial charge in [0.05, 0.1) is 32.4 Å². The van der Waals surface area contributed by atoms with Gasteiger partial charge in [0.15, 0.2) is 17.2 Å². The Hall–Kier alpha value is -3.74. The van der Waals surface area contributed by atoms with Crippen molar-refractivity contribution in [1.82, 2.24) is 9.97 Å². The Bertz CT molecular complexity index is 1130. The molecule has 7 heteroatoms. The zero-order valence-electron chi connectivity index (χ0n) is 15.6. The van der Waals surface area contributed by atoms with E-state index in [0.717, 1.165) is 16.5 Å². The highest BCUT2D eigenvalue weighted by atomic mass is 16.5. The Morgan fingerprint density at radius 2 is 1.79 bits per heavy atom. The molecule has 0 fully saturated rings. The minimum absolute atomic E-state index is 0.188. The van der Waals surface area contributed by atoms with Gasteiger partial charge in [-0.15, -0.1) is 0 Å². The minimum Gasteiger partial charge on any atom is -0.493 e. The second-order valence-electron chi connectivity index (χ2n) is 6.03. The molecule has 28 heavy (non-hydrogen) atoms. The van der Waals surface area contributed by atoms with Crippen molar-refractivity contribution in [3.05, 3.63) is 60.1 Å². The summed E-state index contributed by atoms with van der Waals surface area (Å²) in [7, 11) is 4.50. The molecule has 0 aliphatic carbocycles. The van der Waals surface area contributed by atoms with Gasteiger partial charge in [-0.25, -0.2) is 4.98 Å². The van der Waals surface area contributed by atoms with Gasteiger partial charge >= 0.3 is 0 Å². The molecule has 2 heterocycles. The van der Waals surface area contributed by atoms with Crippen LogP contribution in [-0.2, 0) is 0 Å². The number of rotatable bonds is 6. The molecule has 0 radical (unpaired) electrons. The lowest BCUT2D eigenvalue weighted by Crippen LogP contribution is -2.04. The lowest BCUT2D eigenvalue weighted by molar-refractivity contribution is 0.103. The number of aromatic amines is 1. The number of H-pyrrole nitrogens is 1. The molecular formula is C21H18N2O5. The van der Waals surface area contributed by atoms with E-state index in [-0.39, 0.29) is 11.5 Å². The van der Waals surface area contributed by atoms with E-state index in [1.54, 1.807) is 12.1 Å². The number of nitrogens with one attached hydrogen (secondary N) is 1. The van der Waals surface area contributed by atoms with Crippen LogP contribution in [0, 0.1) is 0 Å². The van der Waals surface area contributed by atoms with Gasteiger partial charge < -0.3 is 23.6 Å². The number of para-hydroxylation sites is 1. The van der Waals surface area contributed by atoms with Crippen molar-refractivity contribution in [2.45, 2.75) is 0 Å². The van der Waals surface area contributed by atoms with Crippen molar-refractivity contribution in [2.24, 2.45) is 0 Å². The largest absolute Gasteiger partial charge is 0.493 e. The summed E-state index contributed by atoms with van der Waals surface area (Å²) in [5, 5.41) is 1.04. The van der Waals surface area contributed by atoms with Crippen LogP contribution in [0.2, 0.25) is 0 Å². The van der Waals surface area contributed by atoms with Crippen LogP contribution < -0.4 is 14.2 Å². The maximum atomic E-state index is 13.0. The first kappa shape index (κ1) is 17.7. The third-order valence-corrected chi connectivity index (χ3v) is 4.48. The van der Waals surface area contributed by atoms with E-state index < -0.39 is 0 Å². The van der Waals surface area contributed by atoms with Crippen LogP contribution in [0.1, 0.15) is 16.1 Å². The number of fused-ring (bicyclic) bond motifs is 1. The van der Waals surface area contributed by atoms with E-state index in [2.05, 4.69) is 9.97 Å². The SMILES string of the molecule is COc1cc(C(=O)c2coc(-c3cccc4cc[nH]c34)n2)cc(OC)c1OC. The van der Waals surface area contributed by atoms with E-state index >= 15 is 0 Å². The predicted octanol–water partition coefficient (Wildman–Crippen LogP) is 4.08. The molecule has 4 rings (SSSR count). The number of carbonyl (C=O) groups excluding carboxylic acids is 1. The van der Waals surface area contributed by atoms with Crippen molar-refractivity contribution in [3.63, 3.8) is 0 Å². The van der Waals surface area contributed by atoms with Gasteiger partial charge in [0.25, 0.3) is 0 Å². The molecule has 0 spiro atoms. The molecule has 0 atom stereocenters. The standard InChI is InChI=1S/C21H18N2O5/c1-25-16-9-13(10-17(26-2)20(16)27-3)19(24)15-11-28-21(23-15)14-6-4-5-12-7-8-22-18(12)14/h4-11,22H,1-3H3. The number of aromatic nitrogens is 2. The number of nitrogens with zero attached hydrogens (tertiary/aromatic N) is 1. The van der Waals surface area contributed by atoms with Crippen LogP contribution in [0.25, 0.3) is 22.4 Å². The molecule has 142 valence electrons. The van der Waals surface area contributed by atoms with Crippen molar-refractivity contribution in [1.29, 1.82) is 0 Å². The number of ether oxygens (including phenoxy) is 3. The quantitative estimate of drug-likeness (QED) is 0.509. The molecule has 7 nitrogen and oxygen atoms in total. The van der Waals surface area contributed by atoms with Gasteiger partial charge in [0, 0.05) is 17.1 Å². The molecule has 0 bridgehead atoms. The summed E-state index contributed by atoms with van der Waals surface area (Å²) in [6.07, 6.45) is 3.20. The van der Waals surface area contributed by atoms with Crippen LogP contribution >= 0.6 is 0 Å². The fourth-order valence-electron chi connectivity index (χ4n) is 3.12. The highest BCUT2D eigenvalue weighted by molar-refractivity contribution is 6.08. The van der Waals surface area contributed by atoms with Gasteiger partial charge in [-0.1, -0.05) is 12.1 Å². The van der Waals surface area contributed by atoms with Crippen molar-refractivity contribution in [2.75, 3.05) is 21.3 Å². The maximum absolute atomic E-state index is 13.0. The summed E-state index contributed by atoms with van der Waals surface area (Å²) in [5.41, 5.74) is 2.22. The lowest BCUT2D eigenvalue weighted by Gasteiger charge is -2.13. The first-order valence-electron chi connectivity index (χ1n) is 8.53. The van der Waals surface area contributed by atoms with E-state index in [0.29, 0.717) is 28.7 Å². The molecule has 2 aromatic carbocycles. The Morgan fingerprint density at radius 1 is 1.04 bits per heavy atom. The maximum Gasteiger partial charge on any atom is 0.228 e. The Labute approximate surface area is 160 Å². The molecule has 1 N–H and O–H groups in total. The minimum atomic E-state index is -0.312. The molecule has 0 aliphatic rings. The summed E-state index contributed by atoms with van der Waals surface area (Å²) in [5.74, 6) is 1.26. The first-order valence-corrected chi connectivity index (χ1v) is 8.53. The molecule has 0 saturated carbocycles. The topological polar surface area (TPSA) is 86.6 Å². The number of ketones is 1. The average Bonchev–Trinajstić information content (AvgIpc) is 3.41. The third kappa shape index (κ3) is 2.87. The Balaban J connectivity index is 1.73. The first-order chi connectivity index (χ1) is 13.7. The second kappa shape index (κ2) is 7.11. The van der Waals surface area contributed by atoms with Gasteiger partial charge in [-0.2, -0.15) is 0 Å². The molecule has 0 unspecified atom stereocenters. The zero-order chi connectivity index (χ0) is 19.7. The van der Waals surface area contributed by atoms with Crippen molar-refractivity contribution in [3.8, 4) is 28.7 Å². The van der Waals surface area contributed by atoms with Crippen molar-refractivity contribution >= 4 is 16.7 Å². The van der Waals surface area contributed by atoms with Gasteiger partial charge in [0.2, 0.25) is 17.4 Å². The third-order valence-electron chi connectivity index (χ3n) is 4.48. The molecule has 4 aromatic rings. The highest BCUT2D eigenvalue weighted by Crippen LogP contribution is 2.38. The lowest BCUT2D eigenvalue weighted by atomic mass is 10.1. The molecule has 2 aromatic heterocycles. The van der Waals surface area contributed by atoms with Gasteiger partial charge in [0.1, 0.15) is 6.26 Å². The fourth-order valence-corrected chi connectivity index (χ4v) is 3.12. The van der Waals surface area contributed by atoms with Gasteiger partial charge in [-0.3, -0.25) is 4.79 Å². The van der Waals surface area contributed by atoms with Crippen LogP contribution in [0.5, 0.6) is 17.2 Å². The summed E-state index contributed by atoms with van der Waals surface area (Å²) >= 11 is 0. The number of carbonyl (C=O) groups is 1. The molecular weight excluding hydrogens is 360 g/mol. The Morgan fingerprint density at radius 3 is 2.46 bits per heavy atom. The monoisotopic (exact) mass is 378 g/mol. The fraction of sp³-hybridized carbons (Fsp3) is 0.143. The summed E-state index contributed by atoms with van der Waals surface area (Å²) in [4.78, 5) is 20.5. The van der Waals surface area contributed by atoms with Crippen LogP contribution in [0.15, 0.2) is 53.3 Å². The predicted molar refractivity (Wildman–Crippen MR) is 103 cm³/mol. The highest BCUT2D eigenvalue weighted by Gasteiger charge is 2.21. The van der Waals surface area contributed by atoms with Crippen LogP contribution in [-0.4, -0.2) is 37.1 Å². The molecule has 0 amide bonds. The number of hydrogen-bond acceptors (Lipinski definition) is 6. The normalized spacial score (nSPS) is 10.8. The van der Waals surface area contributed by atoms with Crippen LogP contribution in [0.4, 0.5) is 0 Å². The smallest absolute Gasteiger partial charge is 0.228 e.